The van der Waals surface area contributed by atoms with Crippen molar-refractivity contribution in [3.8, 4) is 0 Å². The van der Waals surface area contributed by atoms with Crippen LogP contribution < -0.4 is 11.2 Å². The van der Waals surface area contributed by atoms with E-state index in [-0.39, 0.29) is 41.5 Å². The number of nitrogens with zero attached hydrogens (tertiary/aromatic N) is 2. The normalized spacial score (nSPS) is 15.5. The van der Waals surface area contributed by atoms with Gasteiger partial charge in [0, 0.05) is 12.1 Å². The van der Waals surface area contributed by atoms with Gasteiger partial charge in [-0.05, 0) is 68.2 Å². The van der Waals surface area contributed by atoms with Crippen LogP contribution in [0.3, 0.4) is 0 Å². The third-order valence-corrected chi connectivity index (χ3v) is 5.65. The third kappa shape index (κ3) is 4.09. The second kappa shape index (κ2) is 8.31. The number of likely N-dealkylation sites (tertiary alicyclic amines) is 1. The van der Waals surface area contributed by atoms with Crippen molar-refractivity contribution < 1.29 is 13.6 Å². The van der Waals surface area contributed by atoms with E-state index in [4.69, 9.17) is 0 Å². The molecule has 0 bridgehead atoms. The van der Waals surface area contributed by atoms with E-state index in [1.54, 1.807) is 0 Å². The molecule has 3 aromatic rings. The first-order valence-electron chi connectivity index (χ1n) is 9.85. The summed E-state index contributed by atoms with van der Waals surface area (Å²) < 4.78 is 28.0. The average molecular weight is 413 g/mol. The van der Waals surface area contributed by atoms with Crippen molar-refractivity contribution in [3.05, 3.63) is 80.5 Å². The Morgan fingerprint density at radius 2 is 1.73 bits per heavy atom. The van der Waals surface area contributed by atoms with Gasteiger partial charge in [0.25, 0.3) is 5.56 Å². The summed E-state index contributed by atoms with van der Waals surface area (Å²) in [6.45, 7) is 1.81. The molecule has 156 valence electrons. The number of hydrogen-bond donors (Lipinski definition) is 1. The smallest absolute Gasteiger partial charge is 0.304 e. The van der Waals surface area contributed by atoms with E-state index in [2.05, 4.69) is 4.98 Å². The predicted octanol–water partition coefficient (Wildman–Crippen LogP) is 2.56. The van der Waals surface area contributed by atoms with Crippen molar-refractivity contribution in [1.29, 1.82) is 0 Å². The van der Waals surface area contributed by atoms with Gasteiger partial charge in [-0.1, -0.05) is 6.07 Å². The maximum absolute atomic E-state index is 13.9. The minimum atomic E-state index is -0.632. The number of carbonyl (C=O) groups is 1. The SMILES string of the molecule is O=C(CN1CCC(Cn2c(=O)[nH]c3c(F)cccc3c2=O)CC1)c1ccc(F)cc1. The molecule has 30 heavy (non-hydrogen) atoms. The molecule has 1 fully saturated rings. The average Bonchev–Trinajstić information content (AvgIpc) is 2.73. The van der Waals surface area contributed by atoms with E-state index in [0.29, 0.717) is 18.7 Å². The molecule has 2 aromatic carbocycles. The number of ketones is 1. The Bertz CT molecular complexity index is 1190. The van der Waals surface area contributed by atoms with Gasteiger partial charge in [-0.2, -0.15) is 0 Å². The second-order valence-electron chi connectivity index (χ2n) is 7.66. The Morgan fingerprint density at radius 3 is 2.43 bits per heavy atom. The highest BCUT2D eigenvalue weighted by atomic mass is 19.1. The van der Waals surface area contributed by atoms with E-state index < -0.39 is 17.1 Å². The van der Waals surface area contributed by atoms with Gasteiger partial charge in [0.2, 0.25) is 0 Å². The van der Waals surface area contributed by atoms with Gasteiger partial charge in [-0.15, -0.1) is 0 Å². The summed E-state index contributed by atoms with van der Waals surface area (Å²) in [6.07, 6.45) is 1.45. The molecule has 0 amide bonds. The van der Waals surface area contributed by atoms with E-state index in [1.165, 1.54) is 42.5 Å². The van der Waals surface area contributed by atoms with Gasteiger partial charge in [0.05, 0.1) is 17.4 Å². The highest BCUT2D eigenvalue weighted by molar-refractivity contribution is 5.97. The van der Waals surface area contributed by atoms with Crippen LogP contribution in [0, 0.1) is 17.6 Å². The molecule has 0 atom stereocenters. The quantitative estimate of drug-likeness (QED) is 0.653. The van der Waals surface area contributed by atoms with Gasteiger partial charge in [-0.3, -0.25) is 19.1 Å². The molecular formula is C22H21F2N3O3. The molecule has 1 aliphatic rings. The predicted molar refractivity (Wildman–Crippen MR) is 109 cm³/mol. The van der Waals surface area contributed by atoms with Crippen LogP contribution >= 0.6 is 0 Å². The number of rotatable bonds is 5. The topological polar surface area (TPSA) is 75.2 Å². The summed E-state index contributed by atoms with van der Waals surface area (Å²) in [6, 6.07) is 9.63. The summed E-state index contributed by atoms with van der Waals surface area (Å²) in [5, 5.41) is 0.150. The third-order valence-electron chi connectivity index (χ3n) is 5.65. The Labute approximate surface area is 170 Å². The number of aromatic nitrogens is 2. The first kappa shape index (κ1) is 20.2. The molecule has 4 rings (SSSR count). The van der Waals surface area contributed by atoms with Gasteiger partial charge in [-0.25, -0.2) is 13.6 Å². The molecule has 0 spiro atoms. The number of halogens is 2. The molecular weight excluding hydrogens is 392 g/mol. The summed E-state index contributed by atoms with van der Waals surface area (Å²) in [7, 11) is 0. The van der Waals surface area contributed by atoms with E-state index >= 15 is 0 Å². The lowest BCUT2D eigenvalue weighted by atomic mass is 9.96. The minimum Gasteiger partial charge on any atom is -0.304 e. The standard InChI is InChI=1S/C22H21F2N3O3/c23-16-6-4-15(5-7-16)19(28)13-26-10-8-14(9-11-26)12-27-21(29)17-2-1-3-18(24)20(17)25-22(27)30/h1-7,14H,8-13H2,(H,25,30). The van der Waals surface area contributed by atoms with Gasteiger partial charge in [0.1, 0.15) is 11.6 Å². The molecule has 1 N–H and O–H groups in total. The summed E-state index contributed by atoms with van der Waals surface area (Å²) >= 11 is 0. The lowest BCUT2D eigenvalue weighted by Crippen LogP contribution is -2.42. The monoisotopic (exact) mass is 413 g/mol. The molecule has 2 heterocycles. The first-order valence-corrected chi connectivity index (χ1v) is 9.85. The molecule has 8 heteroatoms. The van der Waals surface area contributed by atoms with Crippen LogP contribution in [0.15, 0.2) is 52.1 Å². The Balaban J connectivity index is 1.40. The van der Waals surface area contributed by atoms with Gasteiger partial charge in [0.15, 0.2) is 5.78 Å². The number of para-hydroxylation sites is 1. The van der Waals surface area contributed by atoms with Crippen LogP contribution in [0.4, 0.5) is 8.78 Å². The van der Waals surface area contributed by atoms with E-state index in [0.717, 1.165) is 17.4 Å². The van der Waals surface area contributed by atoms with E-state index in [1.807, 2.05) is 4.90 Å². The first-order chi connectivity index (χ1) is 14.4. The molecule has 0 radical (unpaired) electrons. The summed E-state index contributed by atoms with van der Waals surface area (Å²) in [5.41, 5.74) is -0.716. The zero-order chi connectivity index (χ0) is 21.3. The van der Waals surface area contributed by atoms with Crippen LogP contribution in [0.1, 0.15) is 23.2 Å². The largest absolute Gasteiger partial charge is 0.328 e. The number of nitrogens with one attached hydrogen (secondary N) is 1. The van der Waals surface area contributed by atoms with Crippen molar-refractivity contribution in [1.82, 2.24) is 14.5 Å². The number of piperidine rings is 1. The Morgan fingerprint density at radius 1 is 1.03 bits per heavy atom. The van der Waals surface area contributed by atoms with Crippen molar-refractivity contribution in [3.63, 3.8) is 0 Å². The molecule has 6 nitrogen and oxygen atoms in total. The number of carbonyl (C=O) groups excluding carboxylic acids is 1. The highest BCUT2D eigenvalue weighted by Crippen LogP contribution is 2.19. The van der Waals surface area contributed by atoms with Crippen molar-refractivity contribution in [2.45, 2.75) is 19.4 Å². The zero-order valence-corrected chi connectivity index (χ0v) is 16.2. The minimum absolute atomic E-state index is 0.0714. The molecule has 1 aromatic heterocycles. The van der Waals surface area contributed by atoms with Crippen molar-refractivity contribution in [2.24, 2.45) is 5.92 Å². The number of fused-ring (bicyclic) bond motifs is 1. The van der Waals surface area contributed by atoms with Crippen molar-refractivity contribution in [2.75, 3.05) is 19.6 Å². The molecule has 0 aliphatic carbocycles. The van der Waals surface area contributed by atoms with E-state index in [9.17, 15) is 23.2 Å². The molecule has 1 aliphatic heterocycles. The van der Waals surface area contributed by atoms with Crippen LogP contribution in [0.25, 0.3) is 10.9 Å². The van der Waals surface area contributed by atoms with Crippen LogP contribution in [-0.2, 0) is 6.54 Å². The second-order valence-corrected chi connectivity index (χ2v) is 7.66. The van der Waals surface area contributed by atoms with Crippen molar-refractivity contribution >= 4 is 16.7 Å². The summed E-state index contributed by atoms with van der Waals surface area (Å²) in [5.74, 6) is -0.980. The molecule has 0 saturated carbocycles. The number of H-pyrrole nitrogens is 1. The maximum Gasteiger partial charge on any atom is 0.328 e. The molecule has 1 saturated heterocycles. The lowest BCUT2D eigenvalue weighted by Gasteiger charge is -2.31. The maximum atomic E-state index is 13.9. The van der Waals surface area contributed by atoms with Crippen LogP contribution in [0.2, 0.25) is 0 Å². The fourth-order valence-corrected chi connectivity index (χ4v) is 3.92. The lowest BCUT2D eigenvalue weighted by molar-refractivity contribution is 0.0889. The Kier molecular flexibility index (Phi) is 5.59. The zero-order valence-electron chi connectivity index (χ0n) is 16.2. The fraction of sp³-hybridized carbons (Fsp3) is 0.318. The van der Waals surface area contributed by atoms with Gasteiger partial charge < -0.3 is 4.98 Å². The molecule has 0 unspecified atom stereocenters. The number of benzene rings is 2. The Hall–Kier alpha value is -3.13. The number of hydrogen-bond acceptors (Lipinski definition) is 4. The fourth-order valence-electron chi connectivity index (χ4n) is 3.92. The summed E-state index contributed by atoms with van der Waals surface area (Å²) in [4.78, 5) is 41.8. The highest BCUT2D eigenvalue weighted by Gasteiger charge is 2.23. The van der Waals surface area contributed by atoms with Crippen LogP contribution in [-0.4, -0.2) is 39.9 Å². The number of aromatic amines is 1. The van der Waals surface area contributed by atoms with Gasteiger partial charge >= 0.3 is 5.69 Å². The van der Waals surface area contributed by atoms with Crippen LogP contribution in [0.5, 0.6) is 0 Å². The number of Topliss-reactive ketones (excluding diaryl/α,β-unsaturated/α-hetero) is 1.